The van der Waals surface area contributed by atoms with Crippen LogP contribution in [0.2, 0.25) is 0 Å². The summed E-state index contributed by atoms with van der Waals surface area (Å²) in [6.07, 6.45) is 3.21. The van der Waals surface area contributed by atoms with E-state index in [1.165, 1.54) is 10.9 Å². The number of ether oxygens (including phenoxy) is 2. The minimum absolute atomic E-state index is 0.164. The molecular weight excluding hydrogens is 412 g/mol. The van der Waals surface area contributed by atoms with Gasteiger partial charge in [-0.05, 0) is 33.3 Å². The maximum Gasteiger partial charge on any atom is 0.410 e. The normalized spacial score (nSPS) is 20.4. The number of likely N-dealkylation sites (tertiary alicyclic amines) is 1. The number of pyridine rings is 1. The first kappa shape index (κ1) is 21.8. The molecule has 0 N–H and O–H groups in total. The molecule has 4 rings (SSSR count). The van der Waals surface area contributed by atoms with E-state index >= 15 is 0 Å². The van der Waals surface area contributed by atoms with Crippen LogP contribution < -0.4 is 0 Å². The Kier molecular flexibility index (Phi) is 5.60. The summed E-state index contributed by atoms with van der Waals surface area (Å²) in [7, 11) is 1.59. The van der Waals surface area contributed by atoms with Gasteiger partial charge in [0, 0.05) is 25.8 Å². The standard InChI is InChI=1S/C22H26N6O4/c1-22(2,3)32-21(30)27-12-16(7-17(27)13-31-4)26-11-15-5-6-18(25-19(15)20(26)29)28-10-14(8-23)9-24-28/h5-6,9-10,16-17H,7,11-13H2,1-4H3/t16-,17+/m1/s1. The molecule has 2 amide bonds. The number of methoxy groups -OCH3 is 1. The van der Waals surface area contributed by atoms with Crippen LogP contribution in [-0.4, -0.2) is 74.5 Å². The summed E-state index contributed by atoms with van der Waals surface area (Å²) in [5.74, 6) is 0.293. The molecule has 0 aromatic carbocycles. The Labute approximate surface area is 186 Å². The van der Waals surface area contributed by atoms with Gasteiger partial charge < -0.3 is 19.3 Å². The number of aromatic nitrogens is 3. The van der Waals surface area contributed by atoms with Crippen molar-refractivity contribution in [1.29, 1.82) is 5.26 Å². The van der Waals surface area contributed by atoms with Crippen molar-refractivity contribution >= 4 is 12.0 Å². The van der Waals surface area contributed by atoms with Gasteiger partial charge in [0.15, 0.2) is 5.82 Å². The van der Waals surface area contributed by atoms with Gasteiger partial charge in [0.05, 0.1) is 36.6 Å². The third-order valence-electron chi connectivity index (χ3n) is 5.53. The van der Waals surface area contributed by atoms with Crippen molar-refractivity contribution < 1.29 is 19.1 Å². The quantitative estimate of drug-likeness (QED) is 0.718. The SMILES string of the molecule is COC[C@@H]1C[C@@H](N2Cc3ccc(-n4cc(C#N)cn4)nc3C2=O)CN1C(=O)OC(C)(C)C. The van der Waals surface area contributed by atoms with Crippen LogP contribution in [0.3, 0.4) is 0 Å². The van der Waals surface area contributed by atoms with Gasteiger partial charge in [-0.15, -0.1) is 0 Å². The summed E-state index contributed by atoms with van der Waals surface area (Å²) in [6.45, 7) is 6.65. The highest BCUT2D eigenvalue weighted by Crippen LogP contribution is 2.31. The Balaban J connectivity index is 1.53. The zero-order chi connectivity index (χ0) is 23.0. The van der Waals surface area contributed by atoms with Gasteiger partial charge >= 0.3 is 6.09 Å². The molecule has 0 bridgehead atoms. The number of carbonyl (C=O) groups excluding carboxylic acids is 2. The van der Waals surface area contributed by atoms with Crippen molar-refractivity contribution in [2.24, 2.45) is 0 Å². The molecule has 0 aliphatic carbocycles. The molecule has 1 saturated heterocycles. The van der Waals surface area contributed by atoms with Gasteiger partial charge in [-0.2, -0.15) is 10.4 Å². The largest absolute Gasteiger partial charge is 0.444 e. The summed E-state index contributed by atoms with van der Waals surface area (Å²) in [5.41, 5.74) is 1.00. The number of nitrogens with zero attached hydrogens (tertiary/aromatic N) is 6. The average molecular weight is 438 g/mol. The van der Waals surface area contributed by atoms with Gasteiger partial charge in [-0.1, -0.05) is 6.07 Å². The zero-order valence-electron chi connectivity index (χ0n) is 18.6. The van der Waals surface area contributed by atoms with E-state index in [-0.39, 0.29) is 18.0 Å². The van der Waals surface area contributed by atoms with Crippen molar-refractivity contribution in [3.8, 4) is 11.9 Å². The van der Waals surface area contributed by atoms with E-state index in [9.17, 15) is 9.59 Å². The summed E-state index contributed by atoms with van der Waals surface area (Å²) in [6, 6.07) is 5.32. The van der Waals surface area contributed by atoms with Crippen LogP contribution in [0.4, 0.5) is 4.79 Å². The Hall–Kier alpha value is -3.45. The molecular formula is C22H26N6O4. The maximum atomic E-state index is 13.2. The lowest BCUT2D eigenvalue weighted by atomic mass is 10.1. The molecule has 10 heteroatoms. The van der Waals surface area contributed by atoms with Crippen molar-refractivity contribution in [2.75, 3.05) is 20.3 Å². The van der Waals surface area contributed by atoms with Gasteiger partial charge in [-0.25, -0.2) is 14.5 Å². The molecule has 168 valence electrons. The maximum absolute atomic E-state index is 13.2. The molecule has 0 unspecified atom stereocenters. The molecule has 2 aromatic heterocycles. The highest BCUT2D eigenvalue weighted by Gasteiger charge is 2.44. The summed E-state index contributed by atoms with van der Waals surface area (Å²) < 4.78 is 12.3. The second-order valence-electron chi connectivity index (χ2n) is 9.03. The molecule has 0 saturated carbocycles. The van der Waals surface area contributed by atoms with Gasteiger partial charge in [0.2, 0.25) is 0 Å². The van der Waals surface area contributed by atoms with Crippen molar-refractivity contribution in [2.45, 2.75) is 51.4 Å². The number of rotatable bonds is 4. The zero-order valence-corrected chi connectivity index (χ0v) is 18.6. The predicted molar refractivity (Wildman–Crippen MR) is 113 cm³/mol. The third kappa shape index (κ3) is 4.16. The topological polar surface area (TPSA) is 114 Å². The minimum Gasteiger partial charge on any atom is -0.444 e. The summed E-state index contributed by atoms with van der Waals surface area (Å²) in [4.78, 5) is 33.9. The molecule has 0 spiro atoms. The van der Waals surface area contributed by atoms with E-state index in [4.69, 9.17) is 14.7 Å². The number of hydrogen-bond donors (Lipinski definition) is 0. The van der Waals surface area contributed by atoms with E-state index in [0.29, 0.717) is 43.2 Å². The van der Waals surface area contributed by atoms with Crippen LogP contribution in [0, 0.1) is 11.3 Å². The Morgan fingerprint density at radius 2 is 2.12 bits per heavy atom. The van der Waals surface area contributed by atoms with Crippen molar-refractivity contribution in [3.63, 3.8) is 0 Å². The van der Waals surface area contributed by atoms with Crippen LogP contribution >= 0.6 is 0 Å². The highest BCUT2D eigenvalue weighted by molar-refractivity contribution is 5.97. The average Bonchev–Trinajstić information content (AvgIpc) is 3.44. The van der Waals surface area contributed by atoms with Gasteiger partial charge in [-0.3, -0.25) is 4.79 Å². The second-order valence-corrected chi connectivity index (χ2v) is 9.03. The van der Waals surface area contributed by atoms with Crippen LogP contribution in [-0.2, 0) is 16.0 Å². The van der Waals surface area contributed by atoms with Crippen LogP contribution in [0.5, 0.6) is 0 Å². The fourth-order valence-electron chi connectivity index (χ4n) is 4.12. The number of amides is 2. The molecule has 2 atom stereocenters. The first-order valence-electron chi connectivity index (χ1n) is 10.4. The van der Waals surface area contributed by atoms with Gasteiger partial charge in [0.25, 0.3) is 5.91 Å². The predicted octanol–water partition coefficient (Wildman–Crippen LogP) is 2.12. The van der Waals surface area contributed by atoms with E-state index in [2.05, 4.69) is 10.1 Å². The fraction of sp³-hybridized carbons (Fsp3) is 0.500. The molecule has 10 nitrogen and oxygen atoms in total. The lowest BCUT2D eigenvalue weighted by Crippen LogP contribution is -2.43. The molecule has 1 fully saturated rings. The van der Waals surface area contributed by atoms with Crippen LogP contribution in [0.15, 0.2) is 24.5 Å². The van der Waals surface area contributed by atoms with Crippen LogP contribution in [0.1, 0.15) is 48.8 Å². The van der Waals surface area contributed by atoms with E-state index in [1.807, 2.05) is 32.9 Å². The third-order valence-corrected chi connectivity index (χ3v) is 5.53. The molecule has 32 heavy (non-hydrogen) atoms. The van der Waals surface area contributed by atoms with E-state index in [0.717, 1.165) is 5.56 Å². The molecule has 2 aromatic rings. The lowest BCUT2D eigenvalue weighted by molar-refractivity contribution is 0.0140. The number of carbonyl (C=O) groups is 2. The lowest BCUT2D eigenvalue weighted by Gasteiger charge is -2.28. The van der Waals surface area contributed by atoms with E-state index < -0.39 is 11.7 Å². The van der Waals surface area contributed by atoms with Crippen molar-refractivity contribution in [3.05, 3.63) is 41.3 Å². The molecule has 2 aliphatic rings. The molecule has 0 radical (unpaired) electrons. The van der Waals surface area contributed by atoms with Crippen LogP contribution in [0.25, 0.3) is 5.82 Å². The summed E-state index contributed by atoms with van der Waals surface area (Å²) in [5, 5.41) is 13.1. The number of fused-ring (bicyclic) bond motifs is 1. The second kappa shape index (κ2) is 8.24. The number of hydrogen-bond acceptors (Lipinski definition) is 7. The molecule has 2 aliphatic heterocycles. The summed E-state index contributed by atoms with van der Waals surface area (Å²) >= 11 is 0. The highest BCUT2D eigenvalue weighted by atomic mass is 16.6. The van der Waals surface area contributed by atoms with E-state index in [1.54, 1.807) is 29.2 Å². The smallest absolute Gasteiger partial charge is 0.410 e. The fourth-order valence-corrected chi connectivity index (χ4v) is 4.12. The monoisotopic (exact) mass is 438 g/mol. The molecule has 4 heterocycles. The van der Waals surface area contributed by atoms with Crippen molar-refractivity contribution in [1.82, 2.24) is 24.6 Å². The van der Waals surface area contributed by atoms with Gasteiger partial charge in [0.1, 0.15) is 17.4 Å². The minimum atomic E-state index is -0.606. The Bertz CT molecular complexity index is 1080. The Morgan fingerprint density at radius 3 is 2.78 bits per heavy atom. The first-order valence-corrected chi connectivity index (χ1v) is 10.4. The first-order chi connectivity index (χ1) is 15.2. The number of nitriles is 1. The Morgan fingerprint density at radius 1 is 1.34 bits per heavy atom.